The van der Waals surface area contributed by atoms with Crippen LogP contribution in [0.4, 0.5) is 14.9 Å². The van der Waals surface area contributed by atoms with Gasteiger partial charge in [0.05, 0.1) is 11.0 Å². The number of hydrogen-bond acceptors (Lipinski definition) is 3. The number of nitrogens with zero attached hydrogens (tertiary/aromatic N) is 1. The van der Waals surface area contributed by atoms with Crippen molar-refractivity contribution in [3.05, 3.63) is 29.6 Å². The monoisotopic (exact) mass is 287 g/mol. The van der Waals surface area contributed by atoms with Gasteiger partial charge in [-0.1, -0.05) is 22.0 Å². The lowest BCUT2D eigenvalue weighted by Gasteiger charge is -2.26. The van der Waals surface area contributed by atoms with Crippen molar-refractivity contribution in [2.24, 2.45) is 0 Å². The molecule has 1 heterocycles. The molecule has 0 saturated carbocycles. The van der Waals surface area contributed by atoms with Crippen LogP contribution in [0.5, 0.6) is 0 Å². The molecule has 0 bridgehead atoms. The van der Waals surface area contributed by atoms with Crippen LogP contribution in [-0.4, -0.2) is 17.3 Å². The number of amides is 2. The molecule has 4 nitrogen and oxygen atoms in total. The number of fused-ring (bicyclic) bond motifs is 1. The van der Waals surface area contributed by atoms with Gasteiger partial charge in [0, 0.05) is 5.56 Å². The second-order valence-corrected chi connectivity index (χ2v) is 3.72. The highest BCUT2D eigenvalue weighted by Gasteiger charge is 2.31. The first-order valence-corrected chi connectivity index (χ1v) is 5.60. The van der Waals surface area contributed by atoms with E-state index in [-0.39, 0.29) is 23.2 Å². The minimum absolute atomic E-state index is 0.0297. The number of cyclic esters (lactones) is 1. The van der Waals surface area contributed by atoms with Crippen LogP contribution < -0.4 is 4.90 Å². The number of alkyl halides is 1. The van der Waals surface area contributed by atoms with Crippen molar-refractivity contribution in [3.8, 4) is 0 Å². The summed E-state index contributed by atoms with van der Waals surface area (Å²) >= 11 is 2.96. The van der Waals surface area contributed by atoms with Crippen LogP contribution in [0.2, 0.25) is 0 Å². The summed E-state index contributed by atoms with van der Waals surface area (Å²) in [5.41, 5.74) is 0.470. The first-order valence-electron chi connectivity index (χ1n) is 4.48. The van der Waals surface area contributed by atoms with E-state index in [1.54, 1.807) is 0 Å². The van der Waals surface area contributed by atoms with Crippen molar-refractivity contribution in [3.63, 3.8) is 0 Å². The van der Waals surface area contributed by atoms with Crippen molar-refractivity contribution >= 4 is 33.6 Å². The maximum absolute atomic E-state index is 13.4. The molecule has 0 fully saturated rings. The first-order chi connectivity index (χ1) is 7.65. The van der Waals surface area contributed by atoms with E-state index in [0.717, 1.165) is 4.90 Å². The van der Waals surface area contributed by atoms with Crippen molar-refractivity contribution in [2.75, 3.05) is 10.2 Å². The molecule has 0 aliphatic carbocycles. The summed E-state index contributed by atoms with van der Waals surface area (Å²) in [7, 11) is 0. The molecule has 2 amide bonds. The molecule has 1 aromatic rings. The van der Waals surface area contributed by atoms with Gasteiger partial charge < -0.3 is 4.74 Å². The van der Waals surface area contributed by atoms with E-state index in [0.29, 0.717) is 0 Å². The molecule has 0 atom stereocenters. The second-order valence-electron chi connectivity index (χ2n) is 3.15. The molecule has 0 N–H and O–H groups in total. The van der Waals surface area contributed by atoms with Gasteiger partial charge in [-0.3, -0.25) is 4.79 Å². The van der Waals surface area contributed by atoms with Crippen molar-refractivity contribution in [1.29, 1.82) is 0 Å². The topological polar surface area (TPSA) is 46.6 Å². The molecular weight excluding hydrogens is 281 g/mol. The fourth-order valence-electron chi connectivity index (χ4n) is 1.49. The zero-order chi connectivity index (χ0) is 11.7. The summed E-state index contributed by atoms with van der Waals surface area (Å²) in [4.78, 5) is 23.7. The molecule has 0 spiro atoms. The Balaban J connectivity index is 2.52. The van der Waals surface area contributed by atoms with Crippen LogP contribution >= 0.6 is 15.9 Å². The average Bonchev–Trinajstić information content (AvgIpc) is 2.28. The number of carbonyl (C=O) groups is 2. The van der Waals surface area contributed by atoms with E-state index >= 15 is 0 Å². The molecule has 84 valence electrons. The minimum Gasteiger partial charge on any atom is -0.444 e. The molecule has 0 saturated heterocycles. The largest absolute Gasteiger partial charge is 0.444 e. The number of hydrogen-bond donors (Lipinski definition) is 0. The Bertz CT molecular complexity index is 463. The van der Waals surface area contributed by atoms with Crippen molar-refractivity contribution in [1.82, 2.24) is 0 Å². The SMILES string of the molecule is O=C(CBr)N1C(=O)OCc2c(F)cccc21. The Labute approximate surface area is 99.1 Å². The maximum atomic E-state index is 13.4. The Morgan fingerprint density at radius 3 is 3.00 bits per heavy atom. The van der Waals surface area contributed by atoms with E-state index < -0.39 is 17.8 Å². The quantitative estimate of drug-likeness (QED) is 0.744. The fraction of sp³-hybridized carbons (Fsp3) is 0.200. The number of carbonyl (C=O) groups excluding carboxylic acids is 2. The van der Waals surface area contributed by atoms with E-state index in [9.17, 15) is 14.0 Å². The number of imide groups is 1. The summed E-state index contributed by atoms with van der Waals surface area (Å²) in [5.74, 6) is -0.978. The van der Waals surface area contributed by atoms with E-state index in [4.69, 9.17) is 4.74 Å². The molecular formula is C10H7BrFNO3. The number of anilines is 1. The zero-order valence-corrected chi connectivity index (χ0v) is 9.66. The number of benzene rings is 1. The third-order valence-electron chi connectivity index (χ3n) is 2.22. The van der Waals surface area contributed by atoms with Crippen LogP contribution in [0.3, 0.4) is 0 Å². The predicted octanol–water partition coefficient (Wildman–Crippen LogP) is 2.20. The summed E-state index contributed by atoms with van der Waals surface area (Å²) in [6.45, 7) is -0.146. The van der Waals surface area contributed by atoms with Crippen LogP contribution in [-0.2, 0) is 16.1 Å². The van der Waals surface area contributed by atoms with Gasteiger partial charge >= 0.3 is 6.09 Å². The lowest BCUT2D eigenvalue weighted by atomic mass is 10.1. The fourth-order valence-corrected chi connectivity index (χ4v) is 1.74. The standard InChI is InChI=1S/C10H7BrFNO3/c11-4-9(14)13-8-3-1-2-7(12)6(8)5-16-10(13)15/h1-3H,4-5H2. The molecule has 0 unspecified atom stereocenters. The van der Waals surface area contributed by atoms with Gasteiger partial charge in [-0.25, -0.2) is 14.1 Å². The summed E-state index contributed by atoms with van der Waals surface area (Å²) in [5, 5.41) is -0.0297. The van der Waals surface area contributed by atoms with Crippen LogP contribution in [0.25, 0.3) is 0 Å². The molecule has 0 aromatic heterocycles. The van der Waals surface area contributed by atoms with E-state index in [1.165, 1.54) is 18.2 Å². The third kappa shape index (κ3) is 1.69. The Morgan fingerprint density at radius 1 is 1.56 bits per heavy atom. The lowest BCUT2D eigenvalue weighted by molar-refractivity contribution is -0.115. The Kier molecular flexibility index (Phi) is 2.91. The summed E-state index contributed by atoms with van der Waals surface area (Å²) in [6.07, 6.45) is -0.775. The van der Waals surface area contributed by atoms with Crippen LogP contribution in [0.1, 0.15) is 5.56 Å². The number of ether oxygens (including phenoxy) is 1. The second kappa shape index (κ2) is 4.21. The van der Waals surface area contributed by atoms with Crippen molar-refractivity contribution < 1.29 is 18.7 Å². The lowest BCUT2D eigenvalue weighted by Crippen LogP contribution is -2.41. The maximum Gasteiger partial charge on any atom is 0.421 e. The van der Waals surface area contributed by atoms with Gasteiger partial charge in [0.2, 0.25) is 5.91 Å². The van der Waals surface area contributed by atoms with Crippen molar-refractivity contribution in [2.45, 2.75) is 6.61 Å². The van der Waals surface area contributed by atoms with Crippen LogP contribution in [0.15, 0.2) is 18.2 Å². The summed E-state index contributed by atoms with van der Waals surface area (Å²) < 4.78 is 18.1. The number of rotatable bonds is 1. The molecule has 1 aliphatic rings. The molecule has 0 radical (unpaired) electrons. The Hall–Kier alpha value is -1.43. The van der Waals surface area contributed by atoms with Gasteiger partial charge in [0.25, 0.3) is 0 Å². The highest BCUT2D eigenvalue weighted by atomic mass is 79.9. The normalized spacial score (nSPS) is 14.4. The molecule has 1 aromatic carbocycles. The van der Waals surface area contributed by atoms with E-state index in [1.807, 2.05) is 0 Å². The van der Waals surface area contributed by atoms with Gasteiger partial charge in [0.15, 0.2) is 0 Å². The van der Waals surface area contributed by atoms with Crippen LogP contribution in [0, 0.1) is 5.82 Å². The molecule has 2 rings (SSSR count). The Morgan fingerprint density at radius 2 is 2.31 bits per heavy atom. The highest BCUT2D eigenvalue weighted by Crippen LogP contribution is 2.29. The third-order valence-corrected chi connectivity index (χ3v) is 2.70. The number of halogens is 2. The van der Waals surface area contributed by atoms with Gasteiger partial charge in [-0.15, -0.1) is 0 Å². The first kappa shape index (κ1) is 11.1. The highest BCUT2D eigenvalue weighted by molar-refractivity contribution is 9.09. The molecule has 16 heavy (non-hydrogen) atoms. The smallest absolute Gasteiger partial charge is 0.421 e. The zero-order valence-electron chi connectivity index (χ0n) is 8.07. The predicted molar refractivity (Wildman–Crippen MR) is 57.9 cm³/mol. The molecule has 1 aliphatic heterocycles. The van der Waals surface area contributed by atoms with E-state index in [2.05, 4.69) is 15.9 Å². The van der Waals surface area contributed by atoms with Gasteiger partial charge in [-0.2, -0.15) is 0 Å². The minimum atomic E-state index is -0.775. The summed E-state index contributed by atoms with van der Waals surface area (Å²) in [6, 6.07) is 4.22. The molecule has 6 heteroatoms. The van der Waals surface area contributed by atoms with Gasteiger partial charge in [-0.05, 0) is 12.1 Å². The van der Waals surface area contributed by atoms with Gasteiger partial charge in [0.1, 0.15) is 12.4 Å². The average molecular weight is 288 g/mol.